The van der Waals surface area contributed by atoms with Gasteiger partial charge >= 0.3 is 5.97 Å². The summed E-state index contributed by atoms with van der Waals surface area (Å²) in [7, 11) is 0. The number of aromatic nitrogens is 4. The van der Waals surface area contributed by atoms with Gasteiger partial charge in [-0.3, -0.25) is 4.79 Å². The highest BCUT2D eigenvalue weighted by molar-refractivity contribution is 7.98. The number of rotatable bonds is 8. The van der Waals surface area contributed by atoms with E-state index in [0.29, 0.717) is 11.6 Å². The molecule has 0 aliphatic heterocycles. The van der Waals surface area contributed by atoms with Gasteiger partial charge in [-0.25, -0.2) is 4.68 Å². The normalized spacial score (nSPS) is 12.2. The molecule has 0 radical (unpaired) electrons. The minimum absolute atomic E-state index is 0.0435. The number of thioether (sulfide) groups is 1. The molecule has 7 heteroatoms. The summed E-state index contributed by atoms with van der Waals surface area (Å²) >= 11 is 1.64. The van der Waals surface area contributed by atoms with Gasteiger partial charge in [-0.1, -0.05) is 31.5 Å². The molecule has 2 aromatic rings. The molecule has 1 N–H and O–H groups in total. The van der Waals surface area contributed by atoms with Crippen LogP contribution in [0.2, 0.25) is 0 Å². The van der Waals surface area contributed by atoms with Crippen LogP contribution in [0, 0.1) is 0 Å². The van der Waals surface area contributed by atoms with Gasteiger partial charge < -0.3 is 5.11 Å². The van der Waals surface area contributed by atoms with Crippen molar-refractivity contribution in [2.45, 2.75) is 42.9 Å². The Hall–Kier alpha value is -1.89. The van der Waals surface area contributed by atoms with E-state index >= 15 is 0 Å². The van der Waals surface area contributed by atoms with E-state index in [1.807, 2.05) is 37.3 Å². The van der Waals surface area contributed by atoms with Crippen molar-refractivity contribution in [3.63, 3.8) is 0 Å². The van der Waals surface area contributed by atoms with Crippen molar-refractivity contribution in [3.8, 4) is 0 Å². The monoisotopic (exact) mass is 306 g/mol. The van der Waals surface area contributed by atoms with E-state index in [1.54, 1.807) is 16.4 Å². The van der Waals surface area contributed by atoms with Crippen LogP contribution in [0.3, 0.4) is 0 Å². The molecule has 0 spiro atoms. The minimum Gasteiger partial charge on any atom is -0.481 e. The first-order valence-electron chi connectivity index (χ1n) is 6.87. The zero-order chi connectivity index (χ0) is 15.1. The highest BCUT2D eigenvalue weighted by Crippen LogP contribution is 2.24. The summed E-state index contributed by atoms with van der Waals surface area (Å²) in [6.07, 6.45) is 1.69. The van der Waals surface area contributed by atoms with E-state index in [2.05, 4.69) is 15.5 Å². The summed E-state index contributed by atoms with van der Waals surface area (Å²) in [5.74, 6) is 0.505. The van der Waals surface area contributed by atoms with Gasteiger partial charge in [0.1, 0.15) is 0 Å². The van der Waals surface area contributed by atoms with Crippen LogP contribution in [0.1, 0.15) is 38.1 Å². The highest BCUT2D eigenvalue weighted by Gasteiger charge is 2.19. The first kappa shape index (κ1) is 15.5. The largest absolute Gasteiger partial charge is 0.481 e. The molecule has 0 aliphatic carbocycles. The molecular formula is C14H18N4O2S. The first-order valence-corrected chi connectivity index (χ1v) is 7.85. The average molecular weight is 306 g/mol. The second kappa shape index (κ2) is 7.78. The number of benzene rings is 1. The molecule has 6 nitrogen and oxygen atoms in total. The molecule has 0 bridgehead atoms. The Bertz CT molecular complexity index is 573. The maximum absolute atomic E-state index is 11.0. The molecule has 0 aliphatic rings. The van der Waals surface area contributed by atoms with Gasteiger partial charge in [0, 0.05) is 4.90 Å². The molecule has 0 saturated heterocycles. The molecule has 0 amide bonds. The summed E-state index contributed by atoms with van der Waals surface area (Å²) in [4.78, 5) is 12.1. The number of carbonyl (C=O) groups is 1. The maximum atomic E-state index is 11.0. The molecule has 1 unspecified atom stereocenters. The van der Waals surface area contributed by atoms with Gasteiger partial charge in [-0.15, -0.1) is 16.9 Å². The number of carboxylic acids is 1. The Morgan fingerprint density at radius 1 is 1.38 bits per heavy atom. The van der Waals surface area contributed by atoms with Gasteiger partial charge in [0.05, 0.1) is 18.2 Å². The van der Waals surface area contributed by atoms with E-state index in [4.69, 9.17) is 5.11 Å². The molecule has 1 heterocycles. The molecule has 112 valence electrons. The fourth-order valence-electron chi connectivity index (χ4n) is 2.10. The second-order valence-corrected chi connectivity index (χ2v) is 5.73. The summed E-state index contributed by atoms with van der Waals surface area (Å²) in [6.45, 7) is 2.03. The lowest BCUT2D eigenvalue weighted by Crippen LogP contribution is -2.17. The zero-order valence-electron chi connectivity index (χ0n) is 11.8. The smallest absolute Gasteiger partial charge is 0.305 e. The van der Waals surface area contributed by atoms with Gasteiger partial charge in [-0.2, -0.15) is 0 Å². The molecule has 1 aromatic heterocycles. The predicted octanol–water partition coefficient (Wildman–Crippen LogP) is 2.78. The van der Waals surface area contributed by atoms with Crippen LogP contribution in [0.15, 0.2) is 35.2 Å². The van der Waals surface area contributed by atoms with Crippen LogP contribution in [0.5, 0.6) is 0 Å². The Morgan fingerprint density at radius 3 is 2.81 bits per heavy atom. The lowest BCUT2D eigenvalue weighted by Gasteiger charge is -2.15. The van der Waals surface area contributed by atoms with Crippen molar-refractivity contribution in [1.82, 2.24) is 20.2 Å². The third-order valence-corrected chi connectivity index (χ3v) is 4.06. The third kappa shape index (κ3) is 4.56. The summed E-state index contributed by atoms with van der Waals surface area (Å²) in [5, 5.41) is 20.7. The fourth-order valence-corrected chi connectivity index (χ4v) is 2.94. The Kier molecular flexibility index (Phi) is 5.74. The predicted molar refractivity (Wildman–Crippen MR) is 80.0 cm³/mol. The Balaban J connectivity index is 2.07. The number of nitrogens with zero attached hydrogens (tertiary/aromatic N) is 4. The third-order valence-electron chi connectivity index (χ3n) is 3.05. The number of hydrogen-bond acceptors (Lipinski definition) is 5. The lowest BCUT2D eigenvalue weighted by atomic mass is 10.1. The van der Waals surface area contributed by atoms with E-state index in [-0.39, 0.29) is 12.5 Å². The van der Waals surface area contributed by atoms with Crippen LogP contribution in [0.25, 0.3) is 0 Å². The van der Waals surface area contributed by atoms with Crippen molar-refractivity contribution in [2.75, 3.05) is 0 Å². The van der Waals surface area contributed by atoms with Crippen molar-refractivity contribution in [2.24, 2.45) is 0 Å². The topological polar surface area (TPSA) is 80.9 Å². The first-order chi connectivity index (χ1) is 10.2. The van der Waals surface area contributed by atoms with Crippen molar-refractivity contribution >= 4 is 17.7 Å². The summed E-state index contributed by atoms with van der Waals surface area (Å²) in [6, 6.07) is 9.80. The summed E-state index contributed by atoms with van der Waals surface area (Å²) in [5.41, 5.74) is 0. The lowest BCUT2D eigenvalue weighted by molar-refractivity contribution is -0.138. The van der Waals surface area contributed by atoms with Crippen LogP contribution >= 0.6 is 11.8 Å². The van der Waals surface area contributed by atoms with E-state index in [1.165, 1.54) is 0 Å². The van der Waals surface area contributed by atoms with Gasteiger partial charge in [-0.05, 0) is 29.0 Å². The summed E-state index contributed by atoms with van der Waals surface area (Å²) < 4.78 is 1.66. The number of hydrogen-bond donors (Lipinski definition) is 1. The SMILES string of the molecule is CCCC(CC(=O)O)n1nnnc1CSc1ccccc1. The molecule has 21 heavy (non-hydrogen) atoms. The molecule has 2 rings (SSSR count). The standard InChI is InChI=1S/C14H18N4O2S/c1-2-6-11(9-14(19)20)18-13(15-16-17-18)10-21-12-7-4-3-5-8-12/h3-5,7-8,11H,2,6,9-10H2,1H3,(H,19,20). The number of carboxylic acid groups (broad SMARTS) is 1. The number of aliphatic carboxylic acids is 1. The molecule has 1 aromatic carbocycles. The van der Waals surface area contributed by atoms with E-state index in [0.717, 1.165) is 17.7 Å². The Morgan fingerprint density at radius 2 is 2.14 bits per heavy atom. The second-order valence-electron chi connectivity index (χ2n) is 4.68. The number of tetrazole rings is 1. The van der Waals surface area contributed by atoms with Crippen molar-refractivity contribution < 1.29 is 9.90 Å². The molecular weight excluding hydrogens is 288 g/mol. The molecule has 0 saturated carbocycles. The van der Waals surface area contributed by atoms with Gasteiger partial charge in [0.25, 0.3) is 0 Å². The van der Waals surface area contributed by atoms with E-state index in [9.17, 15) is 4.79 Å². The minimum atomic E-state index is -0.828. The van der Waals surface area contributed by atoms with Crippen LogP contribution in [-0.4, -0.2) is 31.3 Å². The average Bonchev–Trinajstić information content (AvgIpc) is 2.94. The fraction of sp³-hybridized carbons (Fsp3) is 0.429. The van der Waals surface area contributed by atoms with Gasteiger partial charge in [0.15, 0.2) is 5.82 Å². The van der Waals surface area contributed by atoms with E-state index < -0.39 is 5.97 Å². The van der Waals surface area contributed by atoms with Crippen LogP contribution in [0.4, 0.5) is 0 Å². The highest BCUT2D eigenvalue weighted by atomic mass is 32.2. The molecule has 1 atom stereocenters. The molecule has 0 fully saturated rings. The van der Waals surface area contributed by atoms with Crippen molar-refractivity contribution in [3.05, 3.63) is 36.2 Å². The van der Waals surface area contributed by atoms with Crippen LogP contribution < -0.4 is 0 Å². The van der Waals surface area contributed by atoms with Crippen LogP contribution in [-0.2, 0) is 10.5 Å². The van der Waals surface area contributed by atoms with Crippen molar-refractivity contribution in [1.29, 1.82) is 0 Å². The van der Waals surface area contributed by atoms with Gasteiger partial charge in [0.2, 0.25) is 0 Å². The zero-order valence-corrected chi connectivity index (χ0v) is 12.7. The maximum Gasteiger partial charge on any atom is 0.305 e. The Labute approximate surface area is 127 Å². The quantitative estimate of drug-likeness (QED) is 0.755.